The monoisotopic (exact) mass is 510 g/mol. The van der Waals surface area contributed by atoms with Gasteiger partial charge in [-0.3, -0.25) is 0 Å². The average Bonchev–Trinajstić information content (AvgIpc) is 2.91. The number of hydrogen-bond acceptors (Lipinski definition) is 2. The molecule has 0 saturated carbocycles. The van der Waals surface area contributed by atoms with Gasteiger partial charge in [0.25, 0.3) is 0 Å². The van der Waals surface area contributed by atoms with Gasteiger partial charge in [-0.15, -0.1) is 0 Å². The number of halogens is 3. The molecule has 5 heteroatoms. The van der Waals surface area contributed by atoms with Crippen molar-refractivity contribution in [1.29, 1.82) is 0 Å². The van der Waals surface area contributed by atoms with Crippen LogP contribution in [0.25, 0.3) is 11.1 Å². The molecule has 2 atom stereocenters. The van der Waals surface area contributed by atoms with Gasteiger partial charge in [-0.05, 0) is 55.0 Å². The van der Waals surface area contributed by atoms with Crippen molar-refractivity contribution >= 4 is 0 Å². The highest BCUT2D eigenvalue weighted by atomic mass is 19.2. The van der Waals surface area contributed by atoms with Crippen molar-refractivity contribution in [2.45, 2.75) is 77.2 Å². The minimum Gasteiger partial charge on any atom is -0.491 e. The van der Waals surface area contributed by atoms with Crippen molar-refractivity contribution in [2.75, 3.05) is 13.2 Å². The summed E-state index contributed by atoms with van der Waals surface area (Å²) < 4.78 is 56.3. The number of hydrogen-bond donors (Lipinski definition) is 0. The van der Waals surface area contributed by atoms with Gasteiger partial charge in [0.05, 0.1) is 19.3 Å². The molecule has 0 amide bonds. The number of benzene rings is 3. The van der Waals surface area contributed by atoms with E-state index >= 15 is 4.39 Å². The van der Waals surface area contributed by atoms with E-state index in [4.69, 9.17) is 9.47 Å². The van der Waals surface area contributed by atoms with Crippen LogP contribution in [-0.2, 0) is 4.74 Å². The Bertz CT molecular complexity index is 1150. The molecule has 0 N–H and O–H groups in total. The Morgan fingerprint density at radius 3 is 2.30 bits per heavy atom. The van der Waals surface area contributed by atoms with Crippen LogP contribution in [0.2, 0.25) is 0 Å². The fourth-order valence-corrected chi connectivity index (χ4v) is 4.99. The molecule has 198 valence electrons. The van der Waals surface area contributed by atoms with Gasteiger partial charge in [0, 0.05) is 11.5 Å². The van der Waals surface area contributed by atoms with Gasteiger partial charge in [-0.1, -0.05) is 87.1 Å². The first-order valence-corrected chi connectivity index (χ1v) is 13.6. The molecule has 3 aromatic carbocycles. The first-order chi connectivity index (χ1) is 18.0. The lowest BCUT2D eigenvalue weighted by Gasteiger charge is -2.30. The molecular formula is C32H37F3O2. The predicted molar refractivity (Wildman–Crippen MR) is 142 cm³/mol. The first kappa shape index (κ1) is 27.3. The Hall–Kier alpha value is -2.79. The zero-order valence-corrected chi connectivity index (χ0v) is 21.9. The first-order valence-electron chi connectivity index (χ1n) is 13.6. The molecule has 0 radical (unpaired) electrons. The molecule has 1 saturated heterocycles. The van der Waals surface area contributed by atoms with Crippen LogP contribution >= 0.6 is 0 Å². The third-order valence-corrected chi connectivity index (χ3v) is 7.27. The molecule has 1 aliphatic heterocycles. The Labute approximate surface area is 218 Å². The normalized spacial score (nSPS) is 17.6. The van der Waals surface area contributed by atoms with E-state index in [1.807, 2.05) is 25.1 Å². The van der Waals surface area contributed by atoms with Crippen molar-refractivity contribution in [3.05, 3.63) is 88.7 Å². The van der Waals surface area contributed by atoms with Crippen LogP contribution in [0.5, 0.6) is 5.75 Å². The second-order valence-corrected chi connectivity index (χ2v) is 10.1. The number of unbranched alkanes of at least 4 members (excludes halogenated alkanes) is 5. The largest absolute Gasteiger partial charge is 0.491 e. The fourth-order valence-electron chi connectivity index (χ4n) is 4.99. The van der Waals surface area contributed by atoms with Gasteiger partial charge in [0.15, 0.2) is 23.2 Å². The summed E-state index contributed by atoms with van der Waals surface area (Å²) in [4.78, 5) is 0. The third-order valence-electron chi connectivity index (χ3n) is 7.27. The molecule has 3 aromatic rings. The summed E-state index contributed by atoms with van der Waals surface area (Å²) in [6.07, 6.45) is 7.86. The minimum absolute atomic E-state index is 0.248. The van der Waals surface area contributed by atoms with Crippen molar-refractivity contribution in [3.63, 3.8) is 0 Å². The molecule has 4 rings (SSSR count). The lowest BCUT2D eigenvalue weighted by Crippen LogP contribution is -2.20. The summed E-state index contributed by atoms with van der Waals surface area (Å²) in [5.41, 5.74) is 3.03. The van der Waals surface area contributed by atoms with E-state index in [-0.39, 0.29) is 29.9 Å². The van der Waals surface area contributed by atoms with Crippen LogP contribution in [0.1, 0.15) is 87.0 Å². The standard InChI is InChI=1S/C32H37F3O2/c1-3-4-5-6-7-8-19-36-30-18-13-24(20-28(30)33)29-17-14-25(21-37-29)27-16-15-26(31(34)32(27)35)23-11-9-22(2)10-12-23/h9-13,15-16,18,20,25,29H,3-8,14,17,19,21H2,1-2H3. The number of rotatable bonds is 11. The second kappa shape index (κ2) is 13.1. The van der Waals surface area contributed by atoms with Crippen LogP contribution in [0, 0.1) is 24.4 Å². The quantitative estimate of drug-likeness (QED) is 0.239. The predicted octanol–water partition coefficient (Wildman–Crippen LogP) is 9.45. The molecule has 1 aliphatic rings. The minimum atomic E-state index is -0.831. The van der Waals surface area contributed by atoms with E-state index in [0.717, 1.165) is 24.0 Å². The molecule has 0 aromatic heterocycles. The van der Waals surface area contributed by atoms with Crippen molar-refractivity contribution < 1.29 is 22.6 Å². The zero-order valence-electron chi connectivity index (χ0n) is 21.9. The highest BCUT2D eigenvalue weighted by Gasteiger charge is 2.28. The van der Waals surface area contributed by atoms with Gasteiger partial charge >= 0.3 is 0 Å². The van der Waals surface area contributed by atoms with Crippen molar-refractivity contribution in [2.24, 2.45) is 0 Å². The highest BCUT2D eigenvalue weighted by molar-refractivity contribution is 5.65. The molecule has 0 aliphatic carbocycles. The van der Waals surface area contributed by atoms with E-state index in [2.05, 4.69) is 6.92 Å². The van der Waals surface area contributed by atoms with Crippen LogP contribution in [0.3, 0.4) is 0 Å². The summed E-state index contributed by atoms with van der Waals surface area (Å²) in [7, 11) is 0. The van der Waals surface area contributed by atoms with Gasteiger partial charge in [0.1, 0.15) is 0 Å². The summed E-state index contributed by atoms with van der Waals surface area (Å²) >= 11 is 0. The summed E-state index contributed by atoms with van der Waals surface area (Å²) in [5.74, 6) is -2.03. The molecule has 0 spiro atoms. The van der Waals surface area contributed by atoms with E-state index < -0.39 is 17.5 Å². The fraction of sp³-hybridized carbons (Fsp3) is 0.438. The summed E-state index contributed by atoms with van der Waals surface area (Å²) in [5, 5.41) is 0. The molecule has 2 nitrogen and oxygen atoms in total. The Balaban J connectivity index is 1.32. The highest BCUT2D eigenvalue weighted by Crippen LogP contribution is 2.39. The molecule has 37 heavy (non-hydrogen) atoms. The van der Waals surface area contributed by atoms with Crippen molar-refractivity contribution in [3.8, 4) is 16.9 Å². The lowest BCUT2D eigenvalue weighted by atomic mass is 9.88. The van der Waals surface area contributed by atoms with Gasteiger partial charge in [-0.25, -0.2) is 13.2 Å². The van der Waals surface area contributed by atoms with Gasteiger partial charge in [0.2, 0.25) is 0 Å². The van der Waals surface area contributed by atoms with Gasteiger partial charge in [-0.2, -0.15) is 0 Å². The molecule has 2 unspecified atom stereocenters. The van der Waals surface area contributed by atoms with Crippen LogP contribution in [-0.4, -0.2) is 13.2 Å². The lowest BCUT2D eigenvalue weighted by molar-refractivity contribution is 0.00144. The maximum absolute atomic E-state index is 15.0. The maximum atomic E-state index is 15.0. The Morgan fingerprint density at radius 1 is 0.838 bits per heavy atom. The number of ether oxygens (including phenoxy) is 2. The second-order valence-electron chi connectivity index (χ2n) is 10.1. The van der Waals surface area contributed by atoms with Crippen LogP contribution in [0.4, 0.5) is 13.2 Å². The maximum Gasteiger partial charge on any atom is 0.166 e. The van der Waals surface area contributed by atoms with E-state index in [9.17, 15) is 8.78 Å². The average molecular weight is 511 g/mol. The summed E-state index contributed by atoms with van der Waals surface area (Å²) in [6, 6.07) is 15.6. The molecule has 1 heterocycles. The molecule has 0 bridgehead atoms. The topological polar surface area (TPSA) is 18.5 Å². The number of aryl methyl sites for hydroxylation is 1. The Morgan fingerprint density at radius 2 is 1.59 bits per heavy atom. The zero-order chi connectivity index (χ0) is 26.2. The molecular weight excluding hydrogens is 473 g/mol. The molecule has 1 fully saturated rings. The Kier molecular flexibility index (Phi) is 9.68. The van der Waals surface area contributed by atoms with Gasteiger partial charge < -0.3 is 9.47 Å². The van der Waals surface area contributed by atoms with Crippen LogP contribution < -0.4 is 4.74 Å². The summed E-state index contributed by atoms with van der Waals surface area (Å²) in [6.45, 7) is 4.91. The van der Waals surface area contributed by atoms with E-state index in [1.54, 1.807) is 30.3 Å². The SMILES string of the molecule is CCCCCCCCOc1ccc(C2CCC(c3ccc(-c4ccc(C)cc4)c(F)c3F)CO2)cc1F. The van der Waals surface area contributed by atoms with E-state index in [0.29, 0.717) is 30.6 Å². The van der Waals surface area contributed by atoms with Crippen LogP contribution in [0.15, 0.2) is 54.6 Å². The smallest absolute Gasteiger partial charge is 0.166 e. The van der Waals surface area contributed by atoms with E-state index in [1.165, 1.54) is 31.7 Å². The van der Waals surface area contributed by atoms with Crippen molar-refractivity contribution in [1.82, 2.24) is 0 Å². The third kappa shape index (κ3) is 6.95.